The summed E-state index contributed by atoms with van der Waals surface area (Å²) in [5.41, 5.74) is 5.27. The molecule has 1 aromatic heterocycles. The van der Waals surface area contributed by atoms with Crippen LogP contribution in [0.4, 0.5) is 0 Å². The Bertz CT molecular complexity index is 1140. The number of aromatic nitrogens is 2. The summed E-state index contributed by atoms with van der Waals surface area (Å²) in [5, 5.41) is 4.94. The van der Waals surface area contributed by atoms with Gasteiger partial charge in [0.15, 0.2) is 5.69 Å². The van der Waals surface area contributed by atoms with Crippen LogP contribution < -0.4 is 16.4 Å². The summed E-state index contributed by atoms with van der Waals surface area (Å²) < 4.78 is 2.06. The maximum Gasteiger partial charge on any atom is 0.290 e. The molecule has 3 rings (SSSR count). The van der Waals surface area contributed by atoms with Crippen LogP contribution in [-0.2, 0) is 11.3 Å². The number of nitrogens with one attached hydrogen (secondary N) is 2. The number of hydrogen-bond acceptors (Lipinski definition) is 4. The predicted octanol–water partition coefficient (Wildman–Crippen LogP) is 2.65. The van der Waals surface area contributed by atoms with Gasteiger partial charge in [0.05, 0.1) is 5.39 Å². The van der Waals surface area contributed by atoms with Crippen molar-refractivity contribution in [1.82, 2.24) is 20.6 Å². The standard InChI is InChI=1S/C20H17BrN4O3/c1-2-25-20(28)15-9-5-4-8-14(15)18(24-25)19(27)23-22-17(26)12-11-13-7-3-6-10-16(13)21/h3-12H,2H2,1H3,(H,22,26)(H,23,27)/b12-11+. The Balaban J connectivity index is 1.77. The van der Waals surface area contributed by atoms with Crippen molar-refractivity contribution in [3.63, 3.8) is 0 Å². The van der Waals surface area contributed by atoms with E-state index in [2.05, 4.69) is 31.9 Å². The number of hydrazine groups is 1. The quantitative estimate of drug-likeness (QED) is 0.481. The third kappa shape index (κ3) is 4.17. The summed E-state index contributed by atoms with van der Waals surface area (Å²) in [6.07, 6.45) is 2.93. The number of fused-ring (bicyclic) bond motifs is 1. The van der Waals surface area contributed by atoms with Crippen molar-refractivity contribution >= 4 is 44.6 Å². The highest BCUT2D eigenvalue weighted by Crippen LogP contribution is 2.17. The molecule has 2 amide bonds. The molecule has 0 aliphatic carbocycles. The zero-order valence-corrected chi connectivity index (χ0v) is 16.6. The van der Waals surface area contributed by atoms with Gasteiger partial charge in [-0.3, -0.25) is 25.2 Å². The molecule has 0 saturated carbocycles. The van der Waals surface area contributed by atoms with Gasteiger partial charge >= 0.3 is 0 Å². The number of benzene rings is 2. The molecule has 28 heavy (non-hydrogen) atoms. The van der Waals surface area contributed by atoms with Crippen LogP contribution in [0.5, 0.6) is 0 Å². The number of nitrogens with zero attached hydrogens (tertiary/aromatic N) is 2. The average Bonchev–Trinajstić information content (AvgIpc) is 2.72. The molecule has 0 aliphatic heterocycles. The Kier molecular flexibility index (Phi) is 6.00. The van der Waals surface area contributed by atoms with Crippen LogP contribution in [0.3, 0.4) is 0 Å². The summed E-state index contributed by atoms with van der Waals surface area (Å²) in [5.74, 6) is -1.11. The Labute approximate surface area is 169 Å². The molecule has 8 heteroatoms. The lowest BCUT2D eigenvalue weighted by atomic mass is 10.1. The van der Waals surface area contributed by atoms with Gasteiger partial charge in [0, 0.05) is 22.5 Å². The van der Waals surface area contributed by atoms with Gasteiger partial charge in [-0.05, 0) is 30.7 Å². The number of carbonyl (C=O) groups excluding carboxylic acids is 2. The summed E-state index contributed by atoms with van der Waals surface area (Å²) in [4.78, 5) is 36.9. The van der Waals surface area contributed by atoms with Gasteiger partial charge in [-0.15, -0.1) is 0 Å². The summed E-state index contributed by atoms with van der Waals surface area (Å²) in [6, 6.07) is 14.2. The lowest BCUT2D eigenvalue weighted by molar-refractivity contribution is -0.117. The number of hydrogen-bond donors (Lipinski definition) is 2. The third-order valence-corrected chi connectivity index (χ3v) is 4.72. The monoisotopic (exact) mass is 440 g/mol. The summed E-state index contributed by atoms with van der Waals surface area (Å²) in [6.45, 7) is 2.09. The van der Waals surface area contributed by atoms with Crippen LogP contribution in [0.15, 0.2) is 63.9 Å². The SMILES string of the molecule is CCn1nc(C(=O)NNC(=O)/C=C/c2ccccc2Br)c2ccccc2c1=O. The van der Waals surface area contributed by atoms with Gasteiger partial charge in [0.2, 0.25) is 0 Å². The van der Waals surface area contributed by atoms with E-state index < -0.39 is 11.8 Å². The van der Waals surface area contributed by atoms with Crippen LogP contribution >= 0.6 is 15.9 Å². The van der Waals surface area contributed by atoms with Crippen molar-refractivity contribution in [3.05, 3.63) is 80.7 Å². The second-order valence-corrected chi connectivity index (χ2v) is 6.67. The van der Waals surface area contributed by atoms with E-state index in [0.29, 0.717) is 17.3 Å². The van der Waals surface area contributed by atoms with Gasteiger partial charge < -0.3 is 0 Å². The van der Waals surface area contributed by atoms with Crippen molar-refractivity contribution in [3.8, 4) is 0 Å². The van der Waals surface area contributed by atoms with E-state index in [1.54, 1.807) is 37.3 Å². The van der Waals surface area contributed by atoms with Gasteiger partial charge in [0.25, 0.3) is 17.4 Å². The first kappa shape index (κ1) is 19.5. The van der Waals surface area contributed by atoms with Crippen molar-refractivity contribution in [1.29, 1.82) is 0 Å². The molecule has 0 fully saturated rings. The van der Waals surface area contributed by atoms with Crippen molar-refractivity contribution in [2.45, 2.75) is 13.5 Å². The molecule has 0 bridgehead atoms. The topological polar surface area (TPSA) is 93.1 Å². The highest BCUT2D eigenvalue weighted by molar-refractivity contribution is 9.10. The number of amides is 2. The molecule has 1 heterocycles. The van der Waals surface area contributed by atoms with Crippen LogP contribution in [0.2, 0.25) is 0 Å². The second kappa shape index (κ2) is 8.62. The largest absolute Gasteiger partial charge is 0.290 e. The Morgan fingerprint density at radius 3 is 2.46 bits per heavy atom. The van der Waals surface area contributed by atoms with Crippen molar-refractivity contribution in [2.24, 2.45) is 0 Å². The van der Waals surface area contributed by atoms with Gasteiger partial charge in [-0.25, -0.2) is 4.68 Å². The molecule has 0 unspecified atom stereocenters. The fourth-order valence-corrected chi connectivity index (χ4v) is 3.03. The van der Waals surface area contributed by atoms with Gasteiger partial charge in [-0.1, -0.05) is 52.3 Å². The molecule has 3 aromatic rings. The fourth-order valence-electron chi connectivity index (χ4n) is 2.61. The molecular formula is C20H17BrN4O3. The molecule has 2 aromatic carbocycles. The molecule has 142 valence electrons. The highest BCUT2D eigenvalue weighted by atomic mass is 79.9. The van der Waals surface area contributed by atoms with E-state index in [0.717, 1.165) is 10.0 Å². The Morgan fingerprint density at radius 2 is 1.75 bits per heavy atom. The minimum Gasteiger partial charge on any atom is -0.268 e. The molecule has 0 saturated heterocycles. The minimum atomic E-state index is -0.610. The van der Waals surface area contributed by atoms with E-state index in [9.17, 15) is 14.4 Å². The highest BCUT2D eigenvalue weighted by Gasteiger charge is 2.16. The molecular weight excluding hydrogens is 424 g/mol. The number of aryl methyl sites for hydroxylation is 1. The average molecular weight is 441 g/mol. The number of carbonyl (C=O) groups is 2. The lowest BCUT2D eigenvalue weighted by Crippen LogP contribution is -2.42. The second-order valence-electron chi connectivity index (χ2n) is 5.81. The van der Waals surface area contributed by atoms with Crippen LogP contribution in [0.25, 0.3) is 16.8 Å². The number of halogens is 1. The van der Waals surface area contributed by atoms with E-state index in [4.69, 9.17) is 0 Å². The third-order valence-electron chi connectivity index (χ3n) is 4.00. The normalized spacial score (nSPS) is 10.9. The van der Waals surface area contributed by atoms with Crippen LogP contribution in [0.1, 0.15) is 23.0 Å². The van der Waals surface area contributed by atoms with E-state index in [1.807, 2.05) is 24.3 Å². The van der Waals surface area contributed by atoms with E-state index in [-0.39, 0.29) is 11.3 Å². The van der Waals surface area contributed by atoms with E-state index in [1.165, 1.54) is 10.8 Å². The number of rotatable bonds is 4. The van der Waals surface area contributed by atoms with Crippen molar-refractivity contribution in [2.75, 3.05) is 0 Å². The zero-order chi connectivity index (χ0) is 20.1. The molecule has 0 spiro atoms. The molecule has 0 atom stereocenters. The van der Waals surface area contributed by atoms with Crippen LogP contribution in [0, 0.1) is 0 Å². The molecule has 7 nitrogen and oxygen atoms in total. The molecule has 0 radical (unpaired) electrons. The first-order chi connectivity index (χ1) is 13.5. The van der Waals surface area contributed by atoms with Crippen molar-refractivity contribution < 1.29 is 9.59 Å². The maximum absolute atomic E-state index is 12.5. The minimum absolute atomic E-state index is 0.0622. The zero-order valence-electron chi connectivity index (χ0n) is 15.0. The smallest absolute Gasteiger partial charge is 0.268 e. The first-order valence-corrected chi connectivity index (χ1v) is 9.33. The fraction of sp³-hybridized carbons (Fsp3) is 0.100. The summed E-state index contributed by atoms with van der Waals surface area (Å²) >= 11 is 3.39. The Hall–Kier alpha value is -3.26. The Morgan fingerprint density at radius 1 is 1.07 bits per heavy atom. The molecule has 2 N–H and O–H groups in total. The lowest BCUT2D eigenvalue weighted by Gasteiger charge is -2.10. The van der Waals surface area contributed by atoms with E-state index >= 15 is 0 Å². The van der Waals surface area contributed by atoms with Gasteiger partial charge in [-0.2, -0.15) is 5.10 Å². The predicted molar refractivity (Wildman–Crippen MR) is 110 cm³/mol. The molecule has 0 aliphatic rings. The summed E-state index contributed by atoms with van der Waals surface area (Å²) in [7, 11) is 0. The van der Waals surface area contributed by atoms with Gasteiger partial charge in [0.1, 0.15) is 0 Å². The maximum atomic E-state index is 12.5. The van der Waals surface area contributed by atoms with Crippen LogP contribution in [-0.4, -0.2) is 21.6 Å². The first-order valence-electron chi connectivity index (χ1n) is 8.54.